The molecule has 0 saturated carbocycles. The van der Waals surface area contributed by atoms with Crippen molar-refractivity contribution in [3.8, 4) is 0 Å². The van der Waals surface area contributed by atoms with E-state index < -0.39 is 0 Å². The van der Waals surface area contributed by atoms with Crippen LogP contribution in [0.4, 0.5) is 0 Å². The van der Waals surface area contributed by atoms with E-state index in [1.807, 2.05) is 6.92 Å². The van der Waals surface area contributed by atoms with Gasteiger partial charge in [0.1, 0.15) is 16.0 Å². The number of nitrogens with zero attached hydrogens (tertiary/aromatic N) is 2. The summed E-state index contributed by atoms with van der Waals surface area (Å²) in [6.07, 6.45) is 1.84. The van der Waals surface area contributed by atoms with Crippen molar-refractivity contribution in [3.05, 3.63) is 16.5 Å². The van der Waals surface area contributed by atoms with Crippen LogP contribution in [0.25, 0.3) is 0 Å². The number of rotatable bonds is 5. The molecule has 0 spiro atoms. The SMILES string of the molecule is CCCc1nc(Cl)c(C)c(SCCO)n1. The molecule has 1 rings (SSSR count). The molecule has 0 aliphatic heterocycles. The van der Waals surface area contributed by atoms with Crippen LogP contribution in [-0.2, 0) is 6.42 Å². The van der Waals surface area contributed by atoms with Gasteiger partial charge in [-0.05, 0) is 13.3 Å². The van der Waals surface area contributed by atoms with Crippen LogP contribution >= 0.6 is 23.4 Å². The molecule has 5 heteroatoms. The second-order valence-corrected chi connectivity index (χ2v) is 4.62. The molecule has 0 aliphatic carbocycles. The number of aliphatic hydroxyl groups is 1. The molecule has 15 heavy (non-hydrogen) atoms. The molecule has 84 valence electrons. The van der Waals surface area contributed by atoms with Crippen molar-refractivity contribution in [2.45, 2.75) is 31.7 Å². The van der Waals surface area contributed by atoms with Crippen molar-refractivity contribution in [1.29, 1.82) is 0 Å². The summed E-state index contributed by atoms with van der Waals surface area (Å²) >= 11 is 7.52. The van der Waals surface area contributed by atoms with Crippen LogP contribution < -0.4 is 0 Å². The summed E-state index contributed by atoms with van der Waals surface area (Å²) in [6.45, 7) is 4.13. The zero-order valence-corrected chi connectivity index (χ0v) is 10.5. The molecule has 0 saturated heterocycles. The summed E-state index contributed by atoms with van der Waals surface area (Å²) in [5.74, 6) is 1.42. The molecule has 1 aromatic heterocycles. The molecular formula is C10H15ClN2OS. The van der Waals surface area contributed by atoms with E-state index in [4.69, 9.17) is 16.7 Å². The monoisotopic (exact) mass is 246 g/mol. The fraction of sp³-hybridized carbons (Fsp3) is 0.600. The van der Waals surface area contributed by atoms with Gasteiger partial charge in [0.25, 0.3) is 0 Å². The first-order chi connectivity index (χ1) is 7.19. The van der Waals surface area contributed by atoms with Gasteiger partial charge in [-0.1, -0.05) is 18.5 Å². The van der Waals surface area contributed by atoms with Gasteiger partial charge in [-0.3, -0.25) is 0 Å². The first-order valence-electron chi connectivity index (χ1n) is 4.95. The Balaban J connectivity index is 2.91. The maximum atomic E-state index is 8.76. The molecule has 0 unspecified atom stereocenters. The normalized spacial score (nSPS) is 10.7. The third-order valence-corrected chi connectivity index (χ3v) is 3.32. The predicted molar refractivity (Wildman–Crippen MR) is 63.6 cm³/mol. The van der Waals surface area contributed by atoms with Gasteiger partial charge >= 0.3 is 0 Å². The van der Waals surface area contributed by atoms with E-state index in [-0.39, 0.29) is 6.61 Å². The first-order valence-corrected chi connectivity index (χ1v) is 6.32. The Bertz CT molecular complexity index is 333. The van der Waals surface area contributed by atoms with Gasteiger partial charge in [0.15, 0.2) is 0 Å². The average molecular weight is 247 g/mol. The van der Waals surface area contributed by atoms with Crippen molar-refractivity contribution in [3.63, 3.8) is 0 Å². The van der Waals surface area contributed by atoms with Crippen LogP contribution in [0.5, 0.6) is 0 Å². The van der Waals surface area contributed by atoms with Crippen molar-refractivity contribution in [1.82, 2.24) is 9.97 Å². The van der Waals surface area contributed by atoms with Crippen molar-refractivity contribution < 1.29 is 5.11 Å². The minimum atomic E-state index is 0.148. The second-order valence-electron chi connectivity index (χ2n) is 3.18. The molecule has 3 nitrogen and oxygen atoms in total. The van der Waals surface area contributed by atoms with Crippen LogP contribution in [0.2, 0.25) is 5.15 Å². The van der Waals surface area contributed by atoms with Gasteiger partial charge in [0.2, 0.25) is 0 Å². The first kappa shape index (κ1) is 12.7. The third-order valence-electron chi connectivity index (χ3n) is 1.89. The van der Waals surface area contributed by atoms with E-state index >= 15 is 0 Å². The Morgan fingerprint density at radius 1 is 1.40 bits per heavy atom. The smallest absolute Gasteiger partial charge is 0.136 e. The van der Waals surface area contributed by atoms with Gasteiger partial charge < -0.3 is 5.11 Å². The van der Waals surface area contributed by atoms with E-state index in [0.29, 0.717) is 10.9 Å². The van der Waals surface area contributed by atoms with Gasteiger partial charge in [-0.15, -0.1) is 11.8 Å². The third kappa shape index (κ3) is 3.63. The van der Waals surface area contributed by atoms with Crippen LogP contribution in [0.3, 0.4) is 0 Å². The summed E-state index contributed by atoms with van der Waals surface area (Å²) in [7, 11) is 0. The predicted octanol–water partition coefficient (Wildman–Crippen LogP) is 2.48. The van der Waals surface area contributed by atoms with Gasteiger partial charge in [0.05, 0.1) is 6.61 Å². The summed E-state index contributed by atoms with van der Waals surface area (Å²) in [5, 5.41) is 10.2. The maximum Gasteiger partial charge on any atom is 0.136 e. The largest absolute Gasteiger partial charge is 0.396 e. The number of hydrogen-bond acceptors (Lipinski definition) is 4. The van der Waals surface area contributed by atoms with Crippen LogP contribution in [0, 0.1) is 6.92 Å². The maximum absolute atomic E-state index is 8.76. The summed E-state index contributed by atoms with van der Waals surface area (Å²) in [6, 6.07) is 0. The minimum absolute atomic E-state index is 0.148. The topological polar surface area (TPSA) is 46.0 Å². The Morgan fingerprint density at radius 3 is 2.73 bits per heavy atom. The number of aryl methyl sites for hydroxylation is 1. The highest BCUT2D eigenvalue weighted by molar-refractivity contribution is 7.99. The quantitative estimate of drug-likeness (QED) is 0.641. The molecule has 0 radical (unpaired) electrons. The zero-order chi connectivity index (χ0) is 11.3. The fourth-order valence-electron chi connectivity index (χ4n) is 1.13. The number of hydrogen-bond donors (Lipinski definition) is 1. The molecule has 0 aliphatic rings. The Labute approximate surface area is 99.3 Å². The van der Waals surface area contributed by atoms with E-state index in [9.17, 15) is 0 Å². The zero-order valence-electron chi connectivity index (χ0n) is 8.96. The van der Waals surface area contributed by atoms with E-state index in [0.717, 1.165) is 29.3 Å². The lowest BCUT2D eigenvalue weighted by Crippen LogP contribution is -2.00. The highest BCUT2D eigenvalue weighted by Gasteiger charge is 2.08. The van der Waals surface area contributed by atoms with E-state index in [1.165, 1.54) is 11.8 Å². The molecular weight excluding hydrogens is 232 g/mol. The molecule has 1 aromatic rings. The Morgan fingerprint density at radius 2 is 2.13 bits per heavy atom. The Hall–Kier alpha value is -0.320. The van der Waals surface area contributed by atoms with Crippen molar-refractivity contribution >= 4 is 23.4 Å². The van der Waals surface area contributed by atoms with Crippen LogP contribution in [-0.4, -0.2) is 27.4 Å². The van der Waals surface area contributed by atoms with E-state index in [1.54, 1.807) is 0 Å². The molecule has 0 fully saturated rings. The molecule has 0 bridgehead atoms. The van der Waals surface area contributed by atoms with Crippen LogP contribution in [0.15, 0.2) is 5.03 Å². The molecule has 0 atom stereocenters. The highest BCUT2D eigenvalue weighted by atomic mass is 35.5. The number of aliphatic hydroxyl groups excluding tert-OH is 1. The lowest BCUT2D eigenvalue weighted by atomic mass is 10.3. The van der Waals surface area contributed by atoms with Crippen LogP contribution in [0.1, 0.15) is 24.7 Å². The number of thioether (sulfide) groups is 1. The van der Waals surface area contributed by atoms with Gasteiger partial charge in [-0.25, -0.2) is 9.97 Å². The minimum Gasteiger partial charge on any atom is -0.396 e. The highest BCUT2D eigenvalue weighted by Crippen LogP contribution is 2.24. The molecule has 0 aromatic carbocycles. The summed E-state index contributed by atoms with van der Waals surface area (Å²) in [5.41, 5.74) is 0.898. The average Bonchev–Trinajstić information content (AvgIpc) is 2.21. The Kier molecular flexibility index (Phi) is 5.36. The fourth-order valence-corrected chi connectivity index (χ4v) is 2.14. The summed E-state index contributed by atoms with van der Waals surface area (Å²) < 4.78 is 0. The standard InChI is InChI=1S/C10H15ClN2OS/c1-3-4-8-12-9(11)7(2)10(13-8)15-6-5-14/h14H,3-6H2,1-2H3. The molecule has 1 N–H and O–H groups in total. The lowest BCUT2D eigenvalue weighted by Gasteiger charge is -2.07. The van der Waals surface area contributed by atoms with Gasteiger partial charge in [-0.2, -0.15) is 0 Å². The van der Waals surface area contributed by atoms with E-state index in [2.05, 4.69) is 16.9 Å². The molecule has 0 amide bonds. The second kappa shape index (κ2) is 6.30. The van der Waals surface area contributed by atoms with Crippen molar-refractivity contribution in [2.75, 3.05) is 12.4 Å². The summed E-state index contributed by atoms with van der Waals surface area (Å²) in [4.78, 5) is 8.63. The molecule has 1 heterocycles. The van der Waals surface area contributed by atoms with Gasteiger partial charge in [0, 0.05) is 17.7 Å². The van der Waals surface area contributed by atoms with Crippen molar-refractivity contribution in [2.24, 2.45) is 0 Å². The number of aromatic nitrogens is 2. The number of halogens is 1. The lowest BCUT2D eigenvalue weighted by molar-refractivity contribution is 0.322.